The average molecular weight is 288 g/mol. The summed E-state index contributed by atoms with van der Waals surface area (Å²) in [5.41, 5.74) is 1.63. The Morgan fingerprint density at radius 1 is 1.33 bits per heavy atom. The molecule has 0 N–H and O–H groups in total. The summed E-state index contributed by atoms with van der Waals surface area (Å²) in [5, 5.41) is 0. The molecule has 2 rings (SSSR count). The van der Waals surface area contributed by atoms with Crippen LogP contribution in [0.4, 0.5) is 0 Å². The molecule has 0 spiro atoms. The normalized spacial score (nSPS) is 12.4. The number of ether oxygens (including phenoxy) is 3. The smallest absolute Gasteiger partial charge is 0.379 e. The Morgan fingerprint density at radius 2 is 2.10 bits per heavy atom. The molecule has 1 aromatic carbocycles. The van der Waals surface area contributed by atoms with Crippen LogP contribution in [0, 0.1) is 0 Å². The van der Waals surface area contributed by atoms with E-state index < -0.39 is 11.8 Å². The Bertz CT molecular complexity index is 601. The highest BCUT2D eigenvalue weighted by atomic mass is 16.7. The van der Waals surface area contributed by atoms with Gasteiger partial charge in [-0.15, -0.1) is 6.58 Å². The van der Waals surface area contributed by atoms with Crippen molar-refractivity contribution in [1.82, 2.24) is 0 Å². The highest BCUT2D eigenvalue weighted by molar-refractivity contribution is 6.39. The lowest BCUT2D eigenvalue weighted by molar-refractivity contribution is -0.151. The molecule has 0 atom stereocenters. The SMILES string of the molecule is C=C(C)CCOC(=O)C(=O)/C=C/c1ccc2c(c1)OCO2. The number of carbonyl (C=O) groups is 2. The van der Waals surface area contributed by atoms with Crippen LogP contribution >= 0.6 is 0 Å². The molecule has 1 aromatic rings. The quantitative estimate of drug-likeness (QED) is 0.348. The predicted octanol–water partition coefficient (Wildman–Crippen LogP) is 2.51. The van der Waals surface area contributed by atoms with E-state index in [1.54, 1.807) is 18.2 Å². The van der Waals surface area contributed by atoms with Crippen LogP contribution in [0.1, 0.15) is 18.9 Å². The summed E-state index contributed by atoms with van der Waals surface area (Å²) in [6.07, 6.45) is 3.26. The molecule has 1 heterocycles. The van der Waals surface area contributed by atoms with Crippen molar-refractivity contribution >= 4 is 17.8 Å². The van der Waals surface area contributed by atoms with Crippen molar-refractivity contribution in [3.8, 4) is 11.5 Å². The molecule has 0 aliphatic carbocycles. The molecule has 0 amide bonds. The number of hydrogen-bond acceptors (Lipinski definition) is 5. The molecular formula is C16H16O5. The molecule has 0 aromatic heterocycles. The highest BCUT2D eigenvalue weighted by Gasteiger charge is 2.14. The molecule has 0 unspecified atom stereocenters. The van der Waals surface area contributed by atoms with E-state index in [1.807, 2.05) is 6.92 Å². The first-order valence-corrected chi connectivity index (χ1v) is 6.49. The predicted molar refractivity (Wildman–Crippen MR) is 77.0 cm³/mol. The number of fused-ring (bicyclic) bond motifs is 1. The van der Waals surface area contributed by atoms with Gasteiger partial charge in [-0.05, 0) is 30.7 Å². The highest BCUT2D eigenvalue weighted by Crippen LogP contribution is 2.32. The van der Waals surface area contributed by atoms with Gasteiger partial charge in [0.05, 0.1) is 6.61 Å². The van der Waals surface area contributed by atoms with E-state index in [9.17, 15) is 9.59 Å². The summed E-state index contributed by atoms with van der Waals surface area (Å²) in [6, 6.07) is 5.25. The second-order valence-corrected chi connectivity index (χ2v) is 4.65. The molecule has 0 radical (unpaired) electrons. The van der Waals surface area contributed by atoms with Crippen molar-refractivity contribution in [1.29, 1.82) is 0 Å². The van der Waals surface area contributed by atoms with Gasteiger partial charge in [0.15, 0.2) is 11.5 Å². The summed E-state index contributed by atoms with van der Waals surface area (Å²) >= 11 is 0. The minimum absolute atomic E-state index is 0.164. The van der Waals surface area contributed by atoms with Gasteiger partial charge in [0.1, 0.15) is 0 Å². The molecule has 0 saturated heterocycles. The van der Waals surface area contributed by atoms with Crippen LogP contribution in [-0.2, 0) is 14.3 Å². The third kappa shape index (κ3) is 4.21. The van der Waals surface area contributed by atoms with Crippen molar-refractivity contribution in [3.05, 3.63) is 42.0 Å². The fourth-order valence-electron chi connectivity index (χ4n) is 1.65. The Kier molecular flexibility index (Phi) is 4.77. The maximum atomic E-state index is 11.6. The number of benzene rings is 1. The summed E-state index contributed by atoms with van der Waals surface area (Å²) in [6.45, 7) is 5.87. The molecule has 5 nitrogen and oxygen atoms in total. The van der Waals surface area contributed by atoms with Crippen molar-refractivity contribution in [3.63, 3.8) is 0 Å². The van der Waals surface area contributed by atoms with Gasteiger partial charge in [0.25, 0.3) is 5.78 Å². The van der Waals surface area contributed by atoms with Gasteiger partial charge in [-0.3, -0.25) is 4.79 Å². The van der Waals surface area contributed by atoms with Crippen LogP contribution in [0.2, 0.25) is 0 Å². The van der Waals surface area contributed by atoms with Crippen LogP contribution in [0.5, 0.6) is 11.5 Å². The van der Waals surface area contributed by atoms with E-state index in [1.165, 1.54) is 12.2 Å². The van der Waals surface area contributed by atoms with Crippen LogP contribution < -0.4 is 9.47 Å². The zero-order chi connectivity index (χ0) is 15.2. The van der Waals surface area contributed by atoms with Gasteiger partial charge in [0.2, 0.25) is 6.79 Å². The number of hydrogen-bond donors (Lipinski definition) is 0. The Hall–Kier alpha value is -2.56. The van der Waals surface area contributed by atoms with Crippen LogP contribution in [-0.4, -0.2) is 25.2 Å². The van der Waals surface area contributed by atoms with Gasteiger partial charge < -0.3 is 14.2 Å². The third-order valence-corrected chi connectivity index (χ3v) is 2.79. The van der Waals surface area contributed by atoms with Crippen molar-refractivity contribution in [2.75, 3.05) is 13.4 Å². The first kappa shape index (κ1) is 14.8. The monoisotopic (exact) mass is 288 g/mol. The van der Waals surface area contributed by atoms with Gasteiger partial charge in [-0.25, -0.2) is 4.79 Å². The minimum Gasteiger partial charge on any atom is -0.459 e. The molecule has 1 aliphatic heterocycles. The van der Waals surface area contributed by atoms with E-state index in [0.717, 1.165) is 11.1 Å². The van der Waals surface area contributed by atoms with E-state index >= 15 is 0 Å². The third-order valence-electron chi connectivity index (χ3n) is 2.79. The van der Waals surface area contributed by atoms with Crippen molar-refractivity contribution < 1.29 is 23.8 Å². The molecular weight excluding hydrogens is 272 g/mol. The number of carbonyl (C=O) groups excluding carboxylic acids is 2. The zero-order valence-electron chi connectivity index (χ0n) is 11.8. The van der Waals surface area contributed by atoms with Crippen LogP contribution in [0.3, 0.4) is 0 Å². The van der Waals surface area contributed by atoms with Crippen LogP contribution in [0.15, 0.2) is 36.4 Å². The fourth-order valence-corrected chi connectivity index (χ4v) is 1.65. The zero-order valence-corrected chi connectivity index (χ0v) is 11.8. The van der Waals surface area contributed by atoms with E-state index in [2.05, 4.69) is 6.58 Å². The molecule has 0 saturated carbocycles. The van der Waals surface area contributed by atoms with Gasteiger partial charge in [0, 0.05) is 6.42 Å². The Morgan fingerprint density at radius 3 is 2.86 bits per heavy atom. The second-order valence-electron chi connectivity index (χ2n) is 4.65. The minimum atomic E-state index is -0.867. The number of ketones is 1. The lowest BCUT2D eigenvalue weighted by Gasteiger charge is -2.01. The van der Waals surface area contributed by atoms with Crippen molar-refractivity contribution in [2.45, 2.75) is 13.3 Å². The number of esters is 1. The van der Waals surface area contributed by atoms with E-state index in [-0.39, 0.29) is 13.4 Å². The molecule has 21 heavy (non-hydrogen) atoms. The van der Waals surface area contributed by atoms with E-state index in [0.29, 0.717) is 17.9 Å². The van der Waals surface area contributed by atoms with Gasteiger partial charge in [-0.1, -0.05) is 17.7 Å². The molecule has 0 bridgehead atoms. The standard InChI is InChI=1S/C16H16O5/c1-11(2)7-8-19-16(18)13(17)5-3-12-4-6-14-15(9-12)21-10-20-14/h3-6,9H,1,7-8,10H2,2H3/b5-3+. The summed E-state index contributed by atoms with van der Waals surface area (Å²) in [5.74, 6) is -0.283. The molecule has 0 fully saturated rings. The summed E-state index contributed by atoms with van der Waals surface area (Å²) < 4.78 is 15.2. The van der Waals surface area contributed by atoms with Gasteiger partial charge >= 0.3 is 5.97 Å². The summed E-state index contributed by atoms with van der Waals surface area (Å²) in [7, 11) is 0. The largest absolute Gasteiger partial charge is 0.459 e. The van der Waals surface area contributed by atoms with E-state index in [4.69, 9.17) is 14.2 Å². The van der Waals surface area contributed by atoms with Gasteiger partial charge in [-0.2, -0.15) is 0 Å². The summed E-state index contributed by atoms with van der Waals surface area (Å²) in [4.78, 5) is 23.0. The maximum Gasteiger partial charge on any atom is 0.379 e. The first-order chi connectivity index (χ1) is 10.1. The Labute approximate surface area is 122 Å². The number of rotatable bonds is 6. The van der Waals surface area contributed by atoms with Crippen molar-refractivity contribution in [2.24, 2.45) is 0 Å². The van der Waals surface area contributed by atoms with Crippen LogP contribution in [0.25, 0.3) is 6.08 Å². The lowest BCUT2D eigenvalue weighted by atomic mass is 10.1. The second kappa shape index (κ2) is 6.74. The molecule has 110 valence electrons. The topological polar surface area (TPSA) is 61.8 Å². The average Bonchev–Trinajstić information content (AvgIpc) is 2.91. The maximum absolute atomic E-state index is 11.6. The molecule has 5 heteroatoms. The lowest BCUT2D eigenvalue weighted by Crippen LogP contribution is -2.15. The fraction of sp³-hybridized carbons (Fsp3) is 0.250. The first-order valence-electron chi connectivity index (χ1n) is 6.49. The Balaban J connectivity index is 1.89. The molecule has 1 aliphatic rings.